The fourth-order valence-electron chi connectivity index (χ4n) is 13.1. The quantitative estimate of drug-likeness (QED) is 0.162. The summed E-state index contributed by atoms with van der Waals surface area (Å²) in [6, 6.07) is 73.6. The van der Waals surface area contributed by atoms with Crippen LogP contribution in [0, 0.1) is 5.92 Å². The third-order valence-corrected chi connectivity index (χ3v) is 15.7. The summed E-state index contributed by atoms with van der Waals surface area (Å²) in [6.07, 6.45) is 14.6. The van der Waals surface area contributed by atoms with Gasteiger partial charge in [-0.1, -0.05) is 220 Å². The second-order valence-electron chi connectivity index (χ2n) is 19.0. The van der Waals surface area contributed by atoms with Gasteiger partial charge in [-0.15, -0.1) is 0 Å². The van der Waals surface area contributed by atoms with Crippen LogP contribution in [0.5, 0.6) is 0 Å². The molecule has 64 heavy (non-hydrogen) atoms. The highest BCUT2D eigenvalue weighted by molar-refractivity contribution is 5.93. The maximum Gasteiger partial charge on any atom is 0.0719 e. The minimum absolute atomic E-state index is 0.0704. The van der Waals surface area contributed by atoms with Crippen molar-refractivity contribution in [3.8, 4) is 11.1 Å². The van der Waals surface area contributed by atoms with E-state index in [9.17, 15) is 0 Å². The predicted molar refractivity (Wildman–Crippen MR) is 266 cm³/mol. The van der Waals surface area contributed by atoms with E-state index < -0.39 is 10.8 Å². The van der Waals surface area contributed by atoms with Crippen molar-refractivity contribution in [2.75, 3.05) is 4.90 Å². The summed E-state index contributed by atoms with van der Waals surface area (Å²) in [7, 11) is 0. The molecule has 8 aromatic rings. The van der Waals surface area contributed by atoms with Crippen molar-refractivity contribution in [2.45, 2.75) is 49.0 Å². The first kappa shape index (κ1) is 37.3. The molecule has 306 valence electrons. The molecule has 1 nitrogen and oxygen atoms in total. The Balaban J connectivity index is 0.999. The molecule has 0 radical (unpaired) electrons. The maximum absolute atomic E-state index is 2.64. The molecule has 0 fully saturated rings. The van der Waals surface area contributed by atoms with Crippen LogP contribution in [0.4, 0.5) is 5.69 Å². The zero-order valence-electron chi connectivity index (χ0n) is 36.4. The monoisotopic (exact) mass is 819 g/mol. The van der Waals surface area contributed by atoms with Gasteiger partial charge in [0.1, 0.15) is 0 Å². The third-order valence-electron chi connectivity index (χ3n) is 15.7. The van der Waals surface area contributed by atoms with Crippen molar-refractivity contribution >= 4 is 22.0 Å². The average Bonchev–Trinajstić information content (AvgIpc) is 3.79. The van der Waals surface area contributed by atoms with E-state index in [1.807, 2.05) is 0 Å². The molecule has 1 heteroatoms. The molecule has 0 spiro atoms. The van der Waals surface area contributed by atoms with Crippen LogP contribution in [0.3, 0.4) is 0 Å². The van der Waals surface area contributed by atoms with Gasteiger partial charge in [0.2, 0.25) is 0 Å². The Morgan fingerprint density at radius 3 is 1.88 bits per heavy atom. The van der Waals surface area contributed by atoms with Crippen LogP contribution in [0.1, 0.15) is 76.8 Å². The van der Waals surface area contributed by atoms with E-state index >= 15 is 0 Å². The van der Waals surface area contributed by atoms with Gasteiger partial charge in [-0.25, -0.2) is 0 Å². The van der Waals surface area contributed by atoms with E-state index in [-0.39, 0.29) is 17.4 Å². The number of benzene rings is 8. The lowest BCUT2D eigenvalue weighted by atomic mass is 9.49. The van der Waals surface area contributed by atoms with E-state index in [1.54, 1.807) is 0 Å². The van der Waals surface area contributed by atoms with E-state index in [2.05, 4.69) is 243 Å². The van der Waals surface area contributed by atoms with E-state index in [4.69, 9.17) is 0 Å². The first-order valence-electron chi connectivity index (χ1n) is 23.1. The van der Waals surface area contributed by atoms with Gasteiger partial charge in [-0.3, -0.25) is 0 Å². The molecule has 0 amide bonds. The van der Waals surface area contributed by atoms with Crippen molar-refractivity contribution in [3.63, 3.8) is 0 Å². The van der Waals surface area contributed by atoms with Gasteiger partial charge >= 0.3 is 0 Å². The largest absolute Gasteiger partial charge is 0.334 e. The topological polar surface area (TPSA) is 3.24 Å². The molecule has 0 saturated carbocycles. The molecule has 0 N–H and O–H groups in total. The molecule has 4 unspecified atom stereocenters. The van der Waals surface area contributed by atoms with Crippen LogP contribution in [0.2, 0.25) is 0 Å². The van der Waals surface area contributed by atoms with E-state index in [0.29, 0.717) is 0 Å². The SMILES string of the molecule is CC1(C)C2=CC(N(C3=CCC(C4(c5ccccc5)c5ccccc5C5(c6ccccc6)c6ccccc6-c6cccc4c65)C=C3)c3ccc4ccccc4c3)CC=C2c2ccccc21. The smallest absolute Gasteiger partial charge is 0.0719 e. The number of allylic oxidation sites excluding steroid dienone is 5. The molecule has 0 saturated heterocycles. The van der Waals surface area contributed by atoms with Crippen LogP contribution in [0.25, 0.3) is 27.5 Å². The molecule has 5 aliphatic carbocycles. The van der Waals surface area contributed by atoms with Gasteiger partial charge in [0.15, 0.2) is 0 Å². The Labute approximate surface area is 377 Å². The van der Waals surface area contributed by atoms with Crippen molar-refractivity contribution < 1.29 is 0 Å². The molecule has 0 bridgehead atoms. The Bertz CT molecular complexity index is 3330. The fourth-order valence-corrected chi connectivity index (χ4v) is 13.1. The summed E-state index contributed by atoms with van der Waals surface area (Å²) in [5.74, 6) is 0.140. The number of hydrogen-bond donors (Lipinski definition) is 0. The molecule has 13 rings (SSSR count). The zero-order chi connectivity index (χ0) is 42.6. The highest BCUT2D eigenvalue weighted by atomic mass is 15.2. The van der Waals surface area contributed by atoms with Gasteiger partial charge < -0.3 is 4.90 Å². The maximum atomic E-state index is 2.64. The molecular formula is C63H49N. The number of rotatable bonds is 6. The Morgan fingerprint density at radius 1 is 0.484 bits per heavy atom. The van der Waals surface area contributed by atoms with Gasteiger partial charge in [-0.05, 0) is 120 Å². The van der Waals surface area contributed by atoms with Crippen LogP contribution in [-0.2, 0) is 16.2 Å². The Kier molecular flexibility index (Phi) is 8.10. The van der Waals surface area contributed by atoms with Crippen LogP contribution >= 0.6 is 0 Å². The minimum atomic E-state index is -0.458. The number of nitrogens with zero attached hydrogens (tertiary/aromatic N) is 1. The van der Waals surface area contributed by atoms with Gasteiger partial charge in [0.05, 0.1) is 16.9 Å². The van der Waals surface area contributed by atoms with Gasteiger partial charge in [-0.2, -0.15) is 0 Å². The summed E-state index contributed by atoms with van der Waals surface area (Å²) >= 11 is 0. The lowest BCUT2D eigenvalue weighted by Crippen LogP contribution is -2.47. The summed E-state index contributed by atoms with van der Waals surface area (Å²) in [4.78, 5) is 2.64. The lowest BCUT2D eigenvalue weighted by molar-refractivity contribution is 0.422. The molecule has 4 atom stereocenters. The lowest BCUT2D eigenvalue weighted by Gasteiger charge is -2.52. The second kappa shape index (κ2) is 13.9. The number of hydrogen-bond acceptors (Lipinski definition) is 1. The minimum Gasteiger partial charge on any atom is -0.334 e. The Morgan fingerprint density at radius 2 is 1.11 bits per heavy atom. The number of fused-ring (bicyclic) bond motifs is 9. The van der Waals surface area contributed by atoms with Crippen molar-refractivity contribution in [2.24, 2.45) is 5.92 Å². The zero-order valence-corrected chi connectivity index (χ0v) is 36.4. The molecule has 0 aliphatic heterocycles. The first-order chi connectivity index (χ1) is 31.5. The molecule has 0 heterocycles. The van der Waals surface area contributed by atoms with E-state index in [0.717, 1.165) is 12.8 Å². The average molecular weight is 820 g/mol. The van der Waals surface area contributed by atoms with Crippen LogP contribution in [0.15, 0.2) is 236 Å². The summed E-state index contributed by atoms with van der Waals surface area (Å²) in [5.41, 5.74) is 19.5. The molecule has 0 aromatic heterocycles. The standard InChI is InChI=1S/C63H49N/c1-61(2)54-27-13-11-24-50(54)52-39-38-49(41-59(52)61)64(48-35-32-42-18-9-10-19-43(42)40-48)47-36-33-46(34-37-47)62(44-20-5-3-6-21-44)56-29-15-16-30-57(56)63(45-22-7-4-8-23-45)55-28-14-12-25-51(55)53-26-17-31-58(62)60(53)63/h3-33,35-37,39-41,46,49H,34,38H2,1-2H3. The summed E-state index contributed by atoms with van der Waals surface area (Å²) in [5, 5.41) is 2.53. The normalized spacial score (nSPS) is 22.9. The predicted octanol–water partition coefficient (Wildman–Crippen LogP) is 14.9. The fraction of sp³-hybridized carbons (Fsp3) is 0.143. The van der Waals surface area contributed by atoms with Gasteiger partial charge in [0.25, 0.3) is 0 Å². The van der Waals surface area contributed by atoms with Crippen molar-refractivity contribution in [1.82, 2.24) is 0 Å². The Hall–Kier alpha value is -7.22. The molecular weight excluding hydrogens is 771 g/mol. The van der Waals surface area contributed by atoms with Crippen LogP contribution in [-0.4, -0.2) is 6.04 Å². The van der Waals surface area contributed by atoms with E-state index in [1.165, 1.54) is 94.5 Å². The highest BCUT2D eigenvalue weighted by Gasteiger charge is 2.58. The van der Waals surface area contributed by atoms with Crippen molar-refractivity contribution in [1.29, 1.82) is 0 Å². The summed E-state index contributed by atoms with van der Waals surface area (Å²) in [6.45, 7) is 4.81. The molecule has 5 aliphatic rings. The van der Waals surface area contributed by atoms with Crippen molar-refractivity contribution in [3.05, 3.63) is 286 Å². The number of anilines is 1. The summed E-state index contributed by atoms with van der Waals surface area (Å²) < 4.78 is 0. The van der Waals surface area contributed by atoms with Crippen LogP contribution < -0.4 is 4.90 Å². The highest BCUT2D eigenvalue weighted by Crippen LogP contribution is 2.66. The molecule has 8 aromatic carbocycles. The first-order valence-corrected chi connectivity index (χ1v) is 23.1. The van der Waals surface area contributed by atoms with Gasteiger partial charge in [0, 0.05) is 16.8 Å². The third kappa shape index (κ3) is 4.96. The second-order valence-corrected chi connectivity index (χ2v) is 19.0.